The number of hydrogen-bond acceptors (Lipinski definition) is 0. The van der Waals surface area contributed by atoms with Gasteiger partial charge in [0.15, 0.2) is 0 Å². The van der Waals surface area contributed by atoms with Crippen LogP contribution in [0.2, 0.25) is 19.6 Å². The Morgan fingerprint density at radius 1 is 0.630 bits per heavy atom. The number of benzene rings is 3. The summed E-state index contributed by atoms with van der Waals surface area (Å²) < 4.78 is 1.37. The van der Waals surface area contributed by atoms with Crippen LogP contribution in [0.25, 0.3) is 22.3 Å². The van der Waals surface area contributed by atoms with E-state index in [-0.39, 0.29) is 0 Å². The van der Waals surface area contributed by atoms with Gasteiger partial charge >= 0.3 is 0 Å². The van der Waals surface area contributed by atoms with Crippen LogP contribution in [0.1, 0.15) is 22.3 Å². The Morgan fingerprint density at radius 2 is 0.963 bits per heavy atom. The second-order valence-electron chi connectivity index (χ2n) is 8.67. The van der Waals surface area contributed by atoms with Gasteiger partial charge in [0.1, 0.15) is 0 Å². The Labute approximate surface area is 179 Å². The standard InChI is InChI=1S/C25H29ISi/c1-16-10-8-11-17(2)23(16)21-14-20(27(5,6)7)15-22(25(21)26)24-18(3)12-9-13-19(24)4/h8-15H,1-7H3. The zero-order valence-electron chi connectivity index (χ0n) is 17.5. The van der Waals surface area contributed by atoms with Crippen molar-refractivity contribution in [3.05, 3.63) is 74.4 Å². The first kappa shape index (κ1) is 20.3. The molecular formula is C25H29ISi. The van der Waals surface area contributed by atoms with Crippen molar-refractivity contribution in [2.45, 2.75) is 47.3 Å². The summed E-state index contributed by atoms with van der Waals surface area (Å²) in [6.45, 7) is 16.3. The van der Waals surface area contributed by atoms with E-state index in [4.69, 9.17) is 0 Å². The topological polar surface area (TPSA) is 0 Å². The van der Waals surface area contributed by atoms with Gasteiger partial charge in [-0.3, -0.25) is 0 Å². The van der Waals surface area contributed by atoms with Gasteiger partial charge in [-0.1, -0.05) is 73.4 Å². The fourth-order valence-electron chi connectivity index (χ4n) is 3.90. The molecule has 0 aromatic heterocycles. The summed E-state index contributed by atoms with van der Waals surface area (Å²) in [7, 11) is -1.46. The van der Waals surface area contributed by atoms with Gasteiger partial charge in [0.05, 0.1) is 8.07 Å². The monoisotopic (exact) mass is 484 g/mol. The third kappa shape index (κ3) is 3.92. The van der Waals surface area contributed by atoms with Gasteiger partial charge in [-0.15, -0.1) is 0 Å². The van der Waals surface area contributed by atoms with E-state index < -0.39 is 8.07 Å². The molecule has 3 rings (SSSR count). The van der Waals surface area contributed by atoms with Gasteiger partial charge in [-0.05, 0) is 94.8 Å². The van der Waals surface area contributed by atoms with Gasteiger partial charge in [-0.25, -0.2) is 0 Å². The highest BCUT2D eigenvalue weighted by atomic mass is 127. The molecule has 0 saturated heterocycles. The van der Waals surface area contributed by atoms with Crippen LogP contribution in [0.4, 0.5) is 0 Å². The van der Waals surface area contributed by atoms with E-state index >= 15 is 0 Å². The molecule has 140 valence electrons. The molecule has 0 heterocycles. The third-order valence-corrected chi connectivity index (χ3v) is 8.62. The zero-order chi connectivity index (χ0) is 19.9. The molecule has 0 bridgehead atoms. The van der Waals surface area contributed by atoms with Crippen LogP contribution in [-0.2, 0) is 0 Å². The highest BCUT2D eigenvalue weighted by molar-refractivity contribution is 14.1. The minimum absolute atomic E-state index is 1.35. The maximum Gasteiger partial charge on any atom is 0.0776 e. The summed E-state index contributed by atoms with van der Waals surface area (Å²) in [6, 6.07) is 18.2. The highest BCUT2D eigenvalue weighted by Crippen LogP contribution is 2.38. The molecule has 0 radical (unpaired) electrons. The first-order valence-electron chi connectivity index (χ1n) is 9.58. The quantitative estimate of drug-likeness (QED) is 0.268. The van der Waals surface area contributed by atoms with Gasteiger partial charge < -0.3 is 0 Å². The van der Waals surface area contributed by atoms with Gasteiger partial charge in [0.25, 0.3) is 0 Å². The fraction of sp³-hybridized carbons (Fsp3) is 0.280. The Balaban J connectivity index is 2.43. The Kier molecular flexibility index (Phi) is 5.69. The number of hydrogen-bond donors (Lipinski definition) is 0. The number of halogens is 1. The predicted octanol–water partition coefficient (Wildman–Crippen LogP) is 7.40. The molecule has 0 unspecified atom stereocenters. The normalized spacial score (nSPS) is 11.7. The molecule has 0 saturated carbocycles. The van der Waals surface area contributed by atoms with Gasteiger partial charge in [0, 0.05) is 3.57 Å². The van der Waals surface area contributed by atoms with E-state index in [9.17, 15) is 0 Å². The van der Waals surface area contributed by atoms with E-state index in [1.807, 2.05) is 0 Å². The van der Waals surface area contributed by atoms with Crippen LogP contribution >= 0.6 is 22.6 Å². The van der Waals surface area contributed by atoms with Crippen molar-refractivity contribution in [2.75, 3.05) is 0 Å². The van der Waals surface area contributed by atoms with E-state index in [1.54, 1.807) is 0 Å². The van der Waals surface area contributed by atoms with E-state index in [1.165, 1.54) is 53.3 Å². The molecule has 0 amide bonds. The number of rotatable bonds is 3. The van der Waals surface area contributed by atoms with Crippen molar-refractivity contribution in [3.63, 3.8) is 0 Å². The lowest BCUT2D eigenvalue weighted by Crippen LogP contribution is -2.38. The first-order valence-corrected chi connectivity index (χ1v) is 14.2. The smallest absolute Gasteiger partial charge is 0.0656 e. The molecular weight excluding hydrogens is 455 g/mol. The van der Waals surface area contributed by atoms with Gasteiger partial charge in [-0.2, -0.15) is 0 Å². The molecule has 3 aromatic rings. The van der Waals surface area contributed by atoms with Crippen LogP contribution in [0, 0.1) is 31.3 Å². The fourth-order valence-corrected chi connectivity index (χ4v) is 5.91. The van der Waals surface area contributed by atoms with Crippen molar-refractivity contribution >= 4 is 35.9 Å². The zero-order valence-corrected chi connectivity index (χ0v) is 20.7. The molecule has 0 nitrogen and oxygen atoms in total. The van der Waals surface area contributed by atoms with Crippen molar-refractivity contribution in [3.8, 4) is 22.3 Å². The summed E-state index contributed by atoms with van der Waals surface area (Å²) in [6.07, 6.45) is 0. The third-order valence-electron chi connectivity index (χ3n) is 5.44. The van der Waals surface area contributed by atoms with E-state index in [0.29, 0.717) is 0 Å². The lowest BCUT2D eigenvalue weighted by molar-refractivity contribution is 1.35. The Hall–Kier alpha value is -1.39. The first-order chi connectivity index (χ1) is 12.6. The summed E-state index contributed by atoms with van der Waals surface area (Å²) in [4.78, 5) is 0. The molecule has 0 spiro atoms. The van der Waals surface area contributed by atoms with E-state index in [2.05, 4.69) is 118 Å². The maximum absolute atomic E-state index is 2.57. The molecule has 0 atom stereocenters. The predicted molar refractivity (Wildman–Crippen MR) is 132 cm³/mol. The Morgan fingerprint density at radius 3 is 1.26 bits per heavy atom. The van der Waals surface area contributed by atoms with E-state index in [0.717, 1.165) is 0 Å². The minimum Gasteiger partial charge on any atom is -0.0656 e. The molecule has 2 heteroatoms. The van der Waals surface area contributed by atoms with Crippen molar-refractivity contribution in [1.29, 1.82) is 0 Å². The van der Waals surface area contributed by atoms with Crippen molar-refractivity contribution < 1.29 is 0 Å². The summed E-state index contributed by atoms with van der Waals surface area (Å²) in [5.74, 6) is 0. The second-order valence-corrected chi connectivity index (χ2v) is 14.8. The van der Waals surface area contributed by atoms with Crippen molar-refractivity contribution in [2.24, 2.45) is 0 Å². The molecule has 0 aliphatic rings. The van der Waals surface area contributed by atoms with Gasteiger partial charge in [0.2, 0.25) is 0 Å². The highest BCUT2D eigenvalue weighted by Gasteiger charge is 2.23. The second kappa shape index (κ2) is 7.55. The Bertz CT molecular complexity index is 896. The summed E-state index contributed by atoms with van der Waals surface area (Å²) >= 11 is 2.57. The average molecular weight is 484 g/mol. The SMILES string of the molecule is Cc1cccc(C)c1-c1cc([Si](C)(C)C)cc(-c2c(C)cccc2C)c1I. The molecule has 0 fully saturated rings. The minimum atomic E-state index is -1.46. The largest absolute Gasteiger partial charge is 0.0776 e. The van der Waals surface area contributed by atoms with Crippen molar-refractivity contribution in [1.82, 2.24) is 0 Å². The molecule has 0 N–H and O–H groups in total. The molecule has 0 aliphatic heterocycles. The van der Waals surface area contributed by atoms with Crippen LogP contribution in [0.15, 0.2) is 48.5 Å². The molecule has 0 aliphatic carbocycles. The number of aryl methyl sites for hydroxylation is 4. The van der Waals surface area contributed by atoms with Crippen LogP contribution in [0.3, 0.4) is 0 Å². The maximum atomic E-state index is 2.57. The molecule has 27 heavy (non-hydrogen) atoms. The summed E-state index contributed by atoms with van der Waals surface area (Å²) in [5.41, 5.74) is 11.0. The van der Waals surface area contributed by atoms with Crippen LogP contribution in [-0.4, -0.2) is 8.07 Å². The van der Waals surface area contributed by atoms with Crippen LogP contribution in [0.5, 0.6) is 0 Å². The molecule has 3 aromatic carbocycles. The average Bonchev–Trinajstić information content (AvgIpc) is 2.56. The lowest BCUT2D eigenvalue weighted by Gasteiger charge is -2.24. The lowest BCUT2D eigenvalue weighted by atomic mass is 9.90. The van der Waals surface area contributed by atoms with Crippen LogP contribution < -0.4 is 5.19 Å². The summed E-state index contributed by atoms with van der Waals surface area (Å²) in [5, 5.41) is 1.53.